The standard InChI is InChI=1S/C26H33NO5/c1-15-10-12-18(13-11-15)20-17(3)23-22(27-19(28)9-7-8-14-31-23)16(2)21(20)24(25(29)30)32-26(4,5)6/h10-13,24H,7-9,14H2,1-6H3,(H,27,28)(H,29,30)/t24-/m0/s1. The zero-order valence-corrected chi connectivity index (χ0v) is 19.8. The van der Waals surface area contributed by atoms with Crippen LogP contribution in [0.25, 0.3) is 11.1 Å². The van der Waals surface area contributed by atoms with Gasteiger partial charge in [0.2, 0.25) is 5.91 Å². The zero-order chi connectivity index (χ0) is 23.6. The van der Waals surface area contributed by atoms with E-state index in [-0.39, 0.29) is 5.91 Å². The van der Waals surface area contributed by atoms with E-state index in [2.05, 4.69) is 5.32 Å². The van der Waals surface area contributed by atoms with Gasteiger partial charge in [-0.1, -0.05) is 29.8 Å². The van der Waals surface area contributed by atoms with E-state index in [9.17, 15) is 14.7 Å². The molecule has 0 fully saturated rings. The number of carboxylic acids is 1. The molecule has 1 amide bonds. The Morgan fingerprint density at radius 1 is 1.09 bits per heavy atom. The number of benzene rings is 2. The largest absolute Gasteiger partial charge is 0.491 e. The van der Waals surface area contributed by atoms with Gasteiger partial charge in [0.05, 0.1) is 17.9 Å². The number of carboxylic acid groups (broad SMARTS) is 1. The van der Waals surface area contributed by atoms with Crippen LogP contribution in [0, 0.1) is 20.8 Å². The highest BCUT2D eigenvalue weighted by molar-refractivity contribution is 5.96. The van der Waals surface area contributed by atoms with Crippen LogP contribution in [0.2, 0.25) is 0 Å². The highest BCUT2D eigenvalue weighted by Crippen LogP contribution is 2.46. The van der Waals surface area contributed by atoms with Crippen molar-refractivity contribution in [2.45, 2.75) is 72.5 Å². The number of ether oxygens (including phenoxy) is 2. The van der Waals surface area contributed by atoms with E-state index in [4.69, 9.17) is 9.47 Å². The Bertz CT molecular complexity index is 1020. The van der Waals surface area contributed by atoms with E-state index in [0.717, 1.165) is 35.1 Å². The van der Waals surface area contributed by atoms with E-state index in [1.165, 1.54) is 0 Å². The van der Waals surface area contributed by atoms with Gasteiger partial charge in [0.1, 0.15) is 5.75 Å². The van der Waals surface area contributed by atoms with Gasteiger partial charge in [-0.2, -0.15) is 0 Å². The first-order chi connectivity index (χ1) is 15.0. The van der Waals surface area contributed by atoms with Crippen molar-refractivity contribution >= 4 is 17.6 Å². The molecule has 3 rings (SSSR count). The van der Waals surface area contributed by atoms with E-state index < -0.39 is 17.7 Å². The molecule has 6 heteroatoms. The van der Waals surface area contributed by atoms with Gasteiger partial charge in [-0.3, -0.25) is 4.79 Å². The fourth-order valence-corrected chi connectivity index (χ4v) is 4.10. The number of anilines is 1. The molecule has 6 nitrogen and oxygen atoms in total. The molecule has 0 saturated carbocycles. The molecule has 1 aliphatic rings. The normalized spacial score (nSPS) is 15.5. The first-order valence-electron chi connectivity index (χ1n) is 11.1. The minimum absolute atomic E-state index is 0.100. The van der Waals surface area contributed by atoms with Crippen molar-refractivity contribution < 1.29 is 24.2 Å². The van der Waals surface area contributed by atoms with Gasteiger partial charge in [0.15, 0.2) is 6.10 Å². The number of rotatable bonds is 4. The topological polar surface area (TPSA) is 84.9 Å². The third kappa shape index (κ3) is 5.13. The van der Waals surface area contributed by atoms with Gasteiger partial charge < -0.3 is 19.9 Å². The maximum absolute atomic E-state index is 12.5. The first kappa shape index (κ1) is 23.8. The molecule has 0 spiro atoms. The van der Waals surface area contributed by atoms with Gasteiger partial charge in [0, 0.05) is 17.5 Å². The predicted octanol–water partition coefficient (Wildman–Crippen LogP) is 5.72. The quantitative estimate of drug-likeness (QED) is 0.636. The third-order valence-electron chi connectivity index (χ3n) is 5.60. The van der Waals surface area contributed by atoms with Crippen LogP contribution in [0.4, 0.5) is 5.69 Å². The number of carbonyl (C=O) groups excluding carboxylic acids is 1. The van der Waals surface area contributed by atoms with Gasteiger partial charge >= 0.3 is 5.97 Å². The summed E-state index contributed by atoms with van der Waals surface area (Å²) >= 11 is 0. The third-order valence-corrected chi connectivity index (χ3v) is 5.60. The fraction of sp³-hybridized carbons (Fsp3) is 0.462. The highest BCUT2D eigenvalue weighted by atomic mass is 16.5. The second kappa shape index (κ2) is 9.33. The van der Waals surface area contributed by atoms with Crippen molar-refractivity contribution in [2.75, 3.05) is 11.9 Å². The molecule has 0 bridgehead atoms. The summed E-state index contributed by atoms with van der Waals surface area (Å²) in [7, 11) is 0. The Hall–Kier alpha value is -2.86. The lowest BCUT2D eigenvalue weighted by Gasteiger charge is -2.30. The number of aliphatic carboxylic acids is 1. The van der Waals surface area contributed by atoms with Crippen LogP contribution in [0.5, 0.6) is 5.75 Å². The summed E-state index contributed by atoms with van der Waals surface area (Å²) in [5.41, 5.74) is 4.58. The molecule has 2 aromatic carbocycles. The van der Waals surface area contributed by atoms with E-state index in [1.807, 2.05) is 65.8 Å². The number of hydrogen-bond acceptors (Lipinski definition) is 4. The van der Waals surface area contributed by atoms with Crippen molar-refractivity contribution in [3.8, 4) is 16.9 Å². The summed E-state index contributed by atoms with van der Waals surface area (Å²) < 4.78 is 12.2. The monoisotopic (exact) mass is 439 g/mol. The van der Waals surface area contributed by atoms with Gasteiger partial charge in [-0.25, -0.2) is 4.79 Å². The summed E-state index contributed by atoms with van der Waals surface area (Å²) in [6, 6.07) is 7.96. The fourth-order valence-electron chi connectivity index (χ4n) is 4.10. The molecule has 0 saturated heterocycles. The Morgan fingerprint density at radius 2 is 1.75 bits per heavy atom. The van der Waals surface area contributed by atoms with Crippen molar-refractivity contribution in [1.82, 2.24) is 0 Å². The minimum Gasteiger partial charge on any atom is -0.491 e. The second-order valence-electron chi connectivity index (χ2n) is 9.41. The van der Waals surface area contributed by atoms with Crippen molar-refractivity contribution in [3.05, 3.63) is 46.5 Å². The maximum atomic E-state index is 12.5. The molecular formula is C26H33NO5. The van der Waals surface area contributed by atoms with Crippen molar-refractivity contribution in [2.24, 2.45) is 0 Å². The van der Waals surface area contributed by atoms with Crippen LogP contribution in [0.3, 0.4) is 0 Å². The van der Waals surface area contributed by atoms with Crippen LogP contribution >= 0.6 is 0 Å². The summed E-state index contributed by atoms with van der Waals surface area (Å²) in [4.78, 5) is 25.0. The SMILES string of the molecule is Cc1ccc(-c2c(C)c3c(c(C)c2[C@H](OC(C)(C)C)C(=O)O)NC(=O)CCCCO3)cc1. The number of fused-ring (bicyclic) bond motifs is 1. The number of hydrogen-bond donors (Lipinski definition) is 2. The van der Waals surface area contributed by atoms with Gasteiger partial charge in [0.25, 0.3) is 0 Å². The maximum Gasteiger partial charge on any atom is 0.337 e. The Balaban J connectivity index is 2.37. The lowest BCUT2D eigenvalue weighted by Crippen LogP contribution is -2.29. The zero-order valence-electron chi connectivity index (χ0n) is 19.8. The predicted molar refractivity (Wildman–Crippen MR) is 125 cm³/mol. The van der Waals surface area contributed by atoms with E-state index in [0.29, 0.717) is 35.6 Å². The molecule has 0 aromatic heterocycles. The van der Waals surface area contributed by atoms with Crippen LogP contribution in [0.1, 0.15) is 68.4 Å². The number of carbonyl (C=O) groups is 2. The first-order valence-corrected chi connectivity index (χ1v) is 11.1. The molecular weight excluding hydrogens is 406 g/mol. The lowest BCUT2D eigenvalue weighted by molar-refractivity contribution is -0.160. The van der Waals surface area contributed by atoms with Crippen LogP contribution in [-0.2, 0) is 14.3 Å². The average Bonchev–Trinajstić information content (AvgIpc) is 2.79. The molecule has 2 N–H and O–H groups in total. The van der Waals surface area contributed by atoms with Gasteiger partial charge in [-0.05, 0) is 71.1 Å². The molecule has 0 radical (unpaired) electrons. The van der Waals surface area contributed by atoms with E-state index >= 15 is 0 Å². The molecule has 0 aliphatic carbocycles. The summed E-state index contributed by atoms with van der Waals surface area (Å²) in [6.07, 6.45) is 0.704. The molecule has 1 atom stereocenters. The number of aryl methyl sites for hydroxylation is 1. The highest BCUT2D eigenvalue weighted by Gasteiger charge is 2.34. The molecule has 0 unspecified atom stereocenters. The summed E-state index contributed by atoms with van der Waals surface area (Å²) in [5, 5.41) is 13.2. The second-order valence-corrected chi connectivity index (χ2v) is 9.41. The minimum atomic E-state index is -1.21. The number of nitrogens with one attached hydrogen (secondary N) is 1. The van der Waals surface area contributed by atoms with Crippen molar-refractivity contribution in [3.63, 3.8) is 0 Å². The summed E-state index contributed by atoms with van der Waals surface area (Å²) in [5.74, 6) is -0.583. The Kier molecular flexibility index (Phi) is 6.94. The number of amides is 1. The molecule has 172 valence electrons. The van der Waals surface area contributed by atoms with Gasteiger partial charge in [-0.15, -0.1) is 0 Å². The molecule has 1 heterocycles. The Labute approximate surface area is 189 Å². The van der Waals surface area contributed by atoms with E-state index in [1.54, 1.807) is 0 Å². The lowest BCUT2D eigenvalue weighted by atomic mass is 9.86. The van der Waals surface area contributed by atoms with Crippen LogP contribution in [-0.4, -0.2) is 29.2 Å². The van der Waals surface area contributed by atoms with Crippen molar-refractivity contribution in [1.29, 1.82) is 0 Å². The average molecular weight is 440 g/mol. The molecule has 32 heavy (non-hydrogen) atoms. The smallest absolute Gasteiger partial charge is 0.337 e. The molecule has 1 aliphatic heterocycles. The Morgan fingerprint density at radius 3 is 2.34 bits per heavy atom. The molecule has 2 aromatic rings. The summed E-state index contributed by atoms with van der Waals surface area (Å²) in [6.45, 7) is 11.7. The van der Waals surface area contributed by atoms with Crippen LogP contribution < -0.4 is 10.1 Å². The van der Waals surface area contributed by atoms with Crippen LogP contribution in [0.15, 0.2) is 24.3 Å².